The predicted molar refractivity (Wildman–Crippen MR) is 121 cm³/mol. The molecule has 0 aliphatic carbocycles. The van der Waals surface area contributed by atoms with Crippen LogP contribution in [0.2, 0.25) is 0 Å². The summed E-state index contributed by atoms with van der Waals surface area (Å²) in [7, 11) is 0. The first-order valence-electron chi connectivity index (χ1n) is 11.3. The molecule has 0 bridgehead atoms. The fourth-order valence-corrected chi connectivity index (χ4v) is 4.54. The molecule has 0 saturated carbocycles. The third kappa shape index (κ3) is 6.65. The maximum atomic E-state index is 2.66. The highest BCUT2D eigenvalue weighted by Crippen LogP contribution is 2.11. The van der Waals surface area contributed by atoms with E-state index in [1.165, 1.54) is 83.0 Å². The zero-order valence-electron chi connectivity index (χ0n) is 17.8. The van der Waals surface area contributed by atoms with Crippen LogP contribution in [0.5, 0.6) is 0 Å². The zero-order chi connectivity index (χ0) is 19.7. The molecule has 0 radical (unpaired) electrons. The molecule has 4 nitrogen and oxygen atoms in total. The van der Waals surface area contributed by atoms with E-state index >= 15 is 0 Å². The summed E-state index contributed by atoms with van der Waals surface area (Å²) >= 11 is 0. The largest absolute Gasteiger partial charge is 0.301 e. The Labute approximate surface area is 176 Å². The van der Waals surface area contributed by atoms with E-state index in [-0.39, 0.29) is 0 Å². The molecule has 4 heteroatoms. The Bertz CT molecular complexity index is 628. The van der Waals surface area contributed by atoms with E-state index in [1.54, 1.807) is 0 Å². The quantitative estimate of drug-likeness (QED) is 0.685. The molecule has 29 heavy (non-hydrogen) atoms. The summed E-state index contributed by atoms with van der Waals surface area (Å²) in [5.74, 6) is 0. The lowest BCUT2D eigenvalue weighted by molar-refractivity contribution is 0.106. The van der Waals surface area contributed by atoms with Crippen molar-refractivity contribution in [1.29, 1.82) is 0 Å². The van der Waals surface area contributed by atoms with Crippen LogP contribution < -0.4 is 0 Å². The standard InChI is InChI=1S/C25H36N4/c1-3-8-24(9-4-1)22-28-18-14-26(15-19-28)12-7-13-27-16-20-29(21-17-27)23-25-10-5-2-6-11-25/h1-6,8-11H,7,12-23H2. The topological polar surface area (TPSA) is 13.0 Å². The molecule has 0 spiro atoms. The first kappa shape index (κ1) is 20.5. The lowest BCUT2D eigenvalue weighted by Gasteiger charge is -2.36. The van der Waals surface area contributed by atoms with E-state index < -0.39 is 0 Å². The summed E-state index contributed by atoms with van der Waals surface area (Å²) in [5, 5.41) is 0. The second-order valence-electron chi connectivity index (χ2n) is 8.56. The van der Waals surface area contributed by atoms with Gasteiger partial charge in [-0.1, -0.05) is 60.7 Å². The van der Waals surface area contributed by atoms with Crippen molar-refractivity contribution in [2.24, 2.45) is 0 Å². The molecule has 2 aromatic rings. The third-order valence-electron chi connectivity index (χ3n) is 6.38. The fraction of sp³-hybridized carbons (Fsp3) is 0.520. The Balaban J connectivity index is 1.07. The van der Waals surface area contributed by atoms with E-state index in [9.17, 15) is 0 Å². The first-order valence-corrected chi connectivity index (χ1v) is 11.3. The maximum absolute atomic E-state index is 2.66. The number of nitrogens with zero attached hydrogens (tertiary/aromatic N) is 4. The van der Waals surface area contributed by atoms with Gasteiger partial charge in [-0.3, -0.25) is 9.80 Å². The van der Waals surface area contributed by atoms with Gasteiger partial charge in [0.25, 0.3) is 0 Å². The van der Waals surface area contributed by atoms with Crippen molar-refractivity contribution in [3.05, 3.63) is 71.8 Å². The average molecular weight is 393 g/mol. The van der Waals surface area contributed by atoms with Crippen LogP contribution in [0.25, 0.3) is 0 Å². The van der Waals surface area contributed by atoms with Crippen molar-refractivity contribution >= 4 is 0 Å². The highest BCUT2D eigenvalue weighted by atomic mass is 15.3. The van der Waals surface area contributed by atoms with Gasteiger partial charge in [0.2, 0.25) is 0 Å². The Kier molecular flexibility index (Phi) is 7.71. The molecule has 2 heterocycles. The number of piperazine rings is 2. The minimum absolute atomic E-state index is 1.10. The van der Waals surface area contributed by atoms with Gasteiger partial charge < -0.3 is 9.80 Å². The van der Waals surface area contributed by atoms with Gasteiger partial charge in [0, 0.05) is 65.4 Å². The predicted octanol–water partition coefficient (Wildman–Crippen LogP) is 3.01. The van der Waals surface area contributed by atoms with Gasteiger partial charge in [-0.15, -0.1) is 0 Å². The molecule has 2 fully saturated rings. The summed E-state index contributed by atoms with van der Waals surface area (Å²) in [6.07, 6.45) is 1.30. The van der Waals surface area contributed by atoms with Gasteiger partial charge in [0.1, 0.15) is 0 Å². The van der Waals surface area contributed by atoms with Crippen molar-refractivity contribution in [2.75, 3.05) is 65.4 Å². The molecule has 156 valence electrons. The molecule has 0 aromatic heterocycles. The lowest BCUT2D eigenvalue weighted by atomic mass is 10.2. The minimum atomic E-state index is 1.10. The summed E-state index contributed by atoms with van der Waals surface area (Å²) in [6, 6.07) is 21.8. The number of rotatable bonds is 8. The normalized spacial score (nSPS) is 20.1. The van der Waals surface area contributed by atoms with Crippen LogP contribution in [0, 0.1) is 0 Å². The van der Waals surface area contributed by atoms with Gasteiger partial charge in [-0.05, 0) is 30.6 Å². The van der Waals surface area contributed by atoms with Crippen LogP contribution >= 0.6 is 0 Å². The molecule has 2 aliphatic rings. The number of hydrogen-bond donors (Lipinski definition) is 0. The molecule has 2 saturated heterocycles. The molecule has 2 aromatic carbocycles. The second kappa shape index (κ2) is 10.9. The van der Waals surface area contributed by atoms with Crippen LogP contribution in [-0.4, -0.2) is 85.0 Å². The smallest absolute Gasteiger partial charge is 0.0234 e. The second-order valence-corrected chi connectivity index (χ2v) is 8.56. The summed E-state index contributed by atoms with van der Waals surface area (Å²) in [6.45, 7) is 14.4. The Morgan fingerprint density at radius 1 is 0.448 bits per heavy atom. The molecular weight excluding hydrogens is 356 g/mol. The lowest BCUT2D eigenvalue weighted by Crippen LogP contribution is -2.48. The highest BCUT2D eigenvalue weighted by molar-refractivity contribution is 5.15. The summed E-state index contributed by atoms with van der Waals surface area (Å²) in [5.41, 5.74) is 2.87. The van der Waals surface area contributed by atoms with Crippen LogP contribution in [-0.2, 0) is 13.1 Å². The van der Waals surface area contributed by atoms with E-state index in [2.05, 4.69) is 80.3 Å². The average Bonchev–Trinajstić information content (AvgIpc) is 2.78. The van der Waals surface area contributed by atoms with Crippen LogP contribution in [0.3, 0.4) is 0 Å². The van der Waals surface area contributed by atoms with E-state index in [0.29, 0.717) is 0 Å². The van der Waals surface area contributed by atoms with Crippen molar-refractivity contribution in [1.82, 2.24) is 19.6 Å². The number of benzene rings is 2. The monoisotopic (exact) mass is 392 g/mol. The Morgan fingerprint density at radius 3 is 1.17 bits per heavy atom. The van der Waals surface area contributed by atoms with Crippen LogP contribution in [0.4, 0.5) is 0 Å². The third-order valence-corrected chi connectivity index (χ3v) is 6.38. The van der Waals surface area contributed by atoms with E-state index in [4.69, 9.17) is 0 Å². The first-order chi connectivity index (χ1) is 14.3. The summed E-state index contributed by atoms with van der Waals surface area (Å²) in [4.78, 5) is 10.5. The SMILES string of the molecule is c1ccc(CN2CCN(CCCN3CCN(Cc4ccccc4)CC3)CC2)cc1. The van der Waals surface area contributed by atoms with Crippen molar-refractivity contribution < 1.29 is 0 Å². The zero-order valence-corrected chi connectivity index (χ0v) is 17.8. The molecule has 4 rings (SSSR count). The van der Waals surface area contributed by atoms with Crippen molar-refractivity contribution in [3.8, 4) is 0 Å². The van der Waals surface area contributed by atoms with Gasteiger partial charge >= 0.3 is 0 Å². The van der Waals surface area contributed by atoms with E-state index in [1.807, 2.05) is 0 Å². The van der Waals surface area contributed by atoms with Crippen LogP contribution in [0.1, 0.15) is 17.5 Å². The Morgan fingerprint density at radius 2 is 0.793 bits per heavy atom. The molecule has 0 amide bonds. The molecule has 0 atom stereocenters. The van der Waals surface area contributed by atoms with Gasteiger partial charge in [0.05, 0.1) is 0 Å². The fourth-order valence-electron chi connectivity index (χ4n) is 4.54. The van der Waals surface area contributed by atoms with Crippen LogP contribution in [0.15, 0.2) is 60.7 Å². The van der Waals surface area contributed by atoms with E-state index in [0.717, 1.165) is 13.1 Å². The van der Waals surface area contributed by atoms with Gasteiger partial charge in [0.15, 0.2) is 0 Å². The molecular formula is C25H36N4. The van der Waals surface area contributed by atoms with Crippen molar-refractivity contribution in [3.63, 3.8) is 0 Å². The van der Waals surface area contributed by atoms with Gasteiger partial charge in [-0.25, -0.2) is 0 Å². The highest BCUT2D eigenvalue weighted by Gasteiger charge is 2.19. The van der Waals surface area contributed by atoms with Crippen molar-refractivity contribution in [2.45, 2.75) is 19.5 Å². The molecule has 0 unspecified atom stereocenters. The minimum Gasteiger partial charge on any atom is -0.301 e. The number of hydrogen-bond acceptors (Lipinski definition) is 4. The Hall–Kier alpha value is -1.72. The summed E-state index contributed by atoms with van der Waals surface area (Å²) < 4.78 is 0. The maximum Gasteiger partial charge on any atom is 0.0234 e. The molecule has 2 aliphatic heterocycles. The van der Waals surface area contributed by atoms with Gasteiger partial charge in [-0.2, -0.15) is 0 Å². The molecule has 0 N–H and O–H groups in total.